The van der Waals surface area contributed by atoms with Crippen molar-refractivity contribution in [2.75, 3.05) is 18.0 Å². The minimum atomic E-state index is -4.44. The monoisotopic (exact) mass is 535 g/mol. The number of aliphatic carboxylic acids is 1. The van der Waals surface area contributed by atoms with Crippen LogP contribution in [0.5, 0.6) is 5.75 Å². The fourth-order valence-electron chi connectivity index (χ4n) is 3.81. The molecular formula is C27H28F3NO5S. The van der Waals surface area contributed by atoms with E-state index in [1.165, 1.54) is 37.4 Å². The number of carbonyl (C=O) groups is 1. The van der Waals surface area contributed by atoms with Crippen molar-refractivity contribution in [1.82, 2.24) is 0 Å². The number of carboxylic acids is 1. The van der Waals surface area contributed by atoms with Crippen molar-refractivity contribution in [2.45, 2.75) is 44.2 Å². The van der Waals surface area contributed by atoms with Crippen LogP contribution >= 0.6 is 0 Å². The first kappa shape index (κ1) is 28.0. The summed E-state index contributed by atoms with van der Waals surface area (Å²) in [6.45, 7) is 6.83. The molecule has 0 aliphatic carbocycles. The molecular weight excluding hydrogens is 507 g/mol. The first-order chi connectivity index (χ1) is 17.0. The van der Waals surface area contributed by atoms with E-state index in [9.17, 15) is 26.4 Å². The minimum absolute atomic E-state index is 0.00171. The normalized spacial score (nSPS) is 12.3. The predicted molar refractivity (Wildman–Crippen MR) is 135 cm³/mol. The molecule has 0 amide bonds. The van der Waals surface area contributed by atoms with Gasteiger partial charge in [-0.1, -0.05) is 39.0 Å². The Morgan fingerprint density at radius 3 is 2.05 bits per heavy atom. The van der Waals surface area contributed by atoms with Crippen molar-refractivity contribution >= 4 is 21.7 Å². The Balaban J connectivity index is 2.01. The highest BCUT2D eigenvalue weighted by molar-refractivity contribution is 7.92. The largest absolute Gasteiger partial charge is 0.482 e. The van der Waals surface area contributed by atoms with Crippen LogP contribution in [-0.4, -0.2) is 33.1 Å². The molecule has 37 heavy (non-hydrogen) atoms. The maximum Gasteiger partial charge on any atom is 0.416 e. The standard InChI is InChI=1S/C27H28F3NO5S/c1-17-14-21(11-13-24(17)36-16-25(32)33)37(34,35)31(5)23-12-8-19(15-22(23)26(2,3)4)18-6-9-20(10-7-18)27(28,29)30/h6-15H,16H2,1-5H3,(H,32,33). The van der Waals surface area contributed by atoms with Crippen LogP contribution < -0.4 is 9.04 Å². The molecule has 3 aromatic carbocycles. The summed E-state index contributed by atoms with van der Waals surface area (Å²) in [6.07, 6.45) is -4.44. The summed E-state index contributed by atoms with van der Waals surface area (Å²) in [5, 5.41) is 8.80. The molecule has 6 nitrogen and oxygen atoms in total. The highest BCUT2D eigenvalue weighted by Gasteiger charge is 2.31. The number of benzene rings is 3. The molecule has 0 bridgehead atoms. The Morgan fingerprint density at radius 1 is 0.946 bits per heavy atom. The molecule has 10 heteroatoms. The number of alkyl halides is 3. The fraction of sp³-hybridized carbons (Fsp3) is 0.296. The third-order valence-electron chi connectivity index (χ3n) is 5.85. The first-order valence-electron chi connectivity index (χ1n) is 11.3. The van der Waals surface area contributed by atoms with Crippen LogP contribution in [0, 0.1) is 6.92 Å². The number of aryl methyl sites for hydroxylation is 1. The average Bonchev–Trinajstić information content (AvgIpc) is 2.81. The van der Waals surface area contributed by atoms with Gasteiger partial charge < -0.3 is 9.84 Å². The number of rotatable bonds is 7. The Morgan fingerprint density at radius 2 is 1.54 bits per heavy atom. The quantitative estimate of drug-likeness (QED) is 0.386. The molecule has 0 aliphatic rings. The molecule has 0 atom stereocenters. The van der Waals surface area contributed by atoms with Gasteiger partial charge in [0.1, 0.15) is 5.75 Å². The fourth-order valence-corrected chi connectivity index (χ4v) is 5.11. The van der Waals surface area contributed by atoms with Crippen LogP contribution in [0.2, 0.25) is 0 Å². The van der Waals surface area contributed by atoms with Crippen molar-refractivity contribution in [3.8, 4) is 16.9 Å². The molecule has 0 aromatic heterocycles. The van der Waals surface area contributed by atoms with Gasteiger partial charge in [0.15, 0.2) is 6.61 Å². The lowest BCUT2D eigenvalue weighted by molar-refractivity contribution is -0.139. The van der Waals surface area contributed by atoms with Crippen molar-refractivity contribution in [3.05, 3.63) is 77.4 Å². The first-order valence-corrected chi connectivity index (χ1v) is 12.7. The number of sulfonamides is 1. The van der Waals surface area contributed by atoms with Gasteiger partial charge >= 0.3 is 12.1 Å². The van der Waals surface area contributed by atoms with E-state index in [-0.39, 0.29) is 10.6 Å². The number of anilines is 1. The van der Waals surface area contributed by atoms with E-state index < -0.39 is 39.8 Å². The highest BCUT2D eigenvalue weighted by atomic mass is 32.2. The van der Waals surface area contributed by atoms with Gasteiger partial charge in [-0.3, -0.25) is 4.31 Å². The Hall–Kier alpha value is -3.53. The number of halogens is 3. The van der Waals surface area contributed by atoms with Crippen LogP contribution in [0.15, 0.2) is 65.6 Å². The van der Waals surface area contributed by atoms with Crippen molar-refractivity contribution in [3.63, 3.8) is 0 Å². The van der Waals surface area contributed by atoms with Crippen LogP contribution in [0.4, 0.5) is 18.9 Å². The molecule has 0 saturated carbocycles. The van der Waals surface area contributed by atoms with Gasteiger partial charge in [0.2, 0.25) is 0 Å². The molecule has 3 rings (SSSR count). The summed E-state index contributed by atoms with van der Waals surface area (Å²) in [4.78, 5) is 10.8. The molecule has 0 unspecified atom stereocenters. The van der Waals surface area contributed by atoms with E-state index in [0.29, 0.717) is 27.9 Å². The molecule has 0 heterocycles. The maximum atomic E-state index is 13.5. The van der Waals surface area contributed by atoms with Crippen LogP contribution in [-0.2, 0) is 26.4 Å². The summed E-state index contributed by atoms with van der Waals surface area (Å²) in [5.74, 6) is -0.884. The topological polar surface area (TPSA) is 83.9 Å². The molecule has 3 aromatic rings. The summed E-state index contributed by atoms with van der Waals surface area (Å²) in [7, 11) is -2.58. The van der Waals surface area contributed by atoms with Gasteiger partial charge in [-0.25, -0.2) is 13.2 Å². The summed E-state index contributed by atoms with van der Waals surface area (Å²) >= 11 is 0. The number of carboxylic acid groups (broad SMARTS) is 1. The molecule has 0 saturated heterocycles. The predicted octanol–water partition coefficient (Wildman–Crippen LogP) is 6.27. The maximum absolute atomic E-state index is 13.5. The third-order valence-corrected chi connectivity index (χ3v) is 7.61. The van der Waals surface area contributed by atoms with Crippen LogP contribution in [0.25, 0.3) is 11.1 Å². The van der Waals surface area contributed by atoms with Gasteiger partial charge in [-0.15, -0.1) is 0 Å². The lowest BCUT2D eigenvalue weighted by atomic mass is 9.84. The smallest absolute Gasteiger partial charge is 0.416 e. The lowest BCUT2D eigenvalue weighted by Gasteiger charge is -2.29. The van der Waals surface area contributed by atoms with Gasteiger partial charge in [-0.05, 0) is 77.1 Å². The Kier molecular flexibility index (Phi) is 7.64. The van der Waals surface area contributed by atoms with Gasteiger partial charge in [0, 0.05) is 7.05 Å². The number of nitrogens with zero attached hydrogens (tertiary/aromatic N) is 1. The van der Waals surface area contributed by atoms with Crippen molar-refractivity contribution in [1.29, 1.82) is 0 Å². The van der Waals surface area contributed by atoms with E-state index in [1.54, 1.807) is 25.1 Å². The molecule has 0 aliphatic heterocycles. The second-order valence-corrected chi connectivity index (χ2v) is 11.6. The van der Waals surface area contributed by atoms with E-state index in [0.717, 1.165) is 16.4 Å². The zero-order chi connectivity index (χ0) is 27.8. The lowest BCUT2D eigenvalue weighted by Crippen LogP contribution is -2.29. The van der Waals surface area contributed by atoms with Crippen molar-refractivity contribution < 1.29 is 36.2 Å². The summed E-state index contributed by atoms with van der Waals surface area (Å²) < 4.78 is 72.3. The van der Waals surface area contributed by atoms with Crippen molar-refractivity contribution in [2.24, 2.45) is 0 Å². The van der Waals surface area contributed by atoms with Crippen LogP contribution in [0.1, 0.15) is 37.5 Å². The third kappa shape index (κ3) is 6.25. The molecule has 0 fully saturated rings. The second-order valence-electron chi connectivity index (χ2n) is 9.64. The molecule has 0 radical (unpaired) electrons. The van der Waals surface area contributed by atoms with E-state index in [2.05, 4.69) is 0 Å². The average molecular weight is 536 g/mol. The van der Waals surface area contributed by atoms with E-state index >= 15 is 0 Å². The Bertz CT molecular complexity index is 1410. The number of hydrogen-bond donors (Lipinski definition) is 1. The van der Waals surface area contributed by atoms with Crippen LogP contribution in [0.3, 0.4) is 0 Å². The summed E-state index contributed by atoms with van der Waals surface area (Å²) in [5.41, 5.74) is 1.56. The molecule has 0 spiro atoms. The molecule has 1 N–H and O–H groups in total. The molecule has 198 valence electrons. The zero-order valence-corrected chi connectivity index (χ0v) is 21.9. The number of ether oxygens (including phenoxy) is 1. The summed E-state index contributed by atoms with van der Waals surface area (Å²) in [6, 6.07) is 14.1. The van der Waals surface area contributed by atoms with E-state index in [1.807, 2.05) is 20.8 Å². The minimum Gasteiger partial charge on any atom is -0.482 e. The van der Waals surface area contributed by atoms with E-state index in [4.69, 9.17) is 9.84 Å². The highest BCUT2D eigenvalue weighted by Crippen LogP contribution is 2.38. The van der Waals surface area contributed by atoms with Gasteiger partial charge in [0.05, 0.1) is 16.1 Å². The van der Waals surface area contributed by atoms with Gasteiger partial charge in [0.25, 0.3) is 10.0 Å². The number of hydrogen-bond acceptors (Lipinski definition) is 4. The second kappa shape index (κ2) is 10.1. The SMILES string of the molecule is Cc1cc(S(=O)(=O)N(C)c2ccc(-c3ccc(C(F)(F)F)cc3)cc2C(C)(C)C)ccc1OCC(=O)O. The zero-order valence-electron chi connectivity index (χ0n) is 21.1. The Labute approximate surface area is 214 Å². The van der Waals surface area contributed by atoms with Gasteiger partial charge in [-0.2, -0.15) is 13.2 Å².